The summed E-state index contributed by atoms with van der Waals surface area (Å²) in [5.74, 6) is 0.251. The van der Waals surface area contributed by atoms with Crippen molar-refractivity contribution in [1.29, 1.82) is 0 Å². The first-order valence-electron chi connectivity index (χ1n) is 16.3. The average Bonchev–Trinajstić information content (AvgIpc) is 3.20. The second-order valence-corrected chi connectivity index (χ2v) is 15.1. The molecule has 1 fully saturated rings. The Balaban J connectivity index is 1.91. The Morgan fingerprint density at radius 1 is 0.929 bits per heavy atom. The summed E-state index contributed by atoms with van der Waals surface area (Å²) in [6.45, 7) is 6.79. The highest BCUT2D eigenvalue weighted by Crippen LogP contribution is 2.50. The molecule has 0 amide bonds. The van der Waals surface area contributed by atoms with Crippen LogP contribution in [-0.2, 0) is 30.3 Å². The fourth-order valence-electron chi connectivity index (χ4n) is 5.48. The number of aromatic nitrogens is 2. The topological polar surface area (TPSA) is 112 Å². The van der Waals surface area contributed by atoms with Crippen LogP contribution in [-0.4, -0.2) is 45.5 Å². The van der Waals surface area contributed by atoms with Gasteiger partial charge in [0.05, 0.1) is 12.2 Å². The molecule has 42 heavy (non-hydrogen) atoms. The fourth-order valence-corrected chi connectivity index (χ4v) is 7.44. The fraction of sp³-hybridized carbons (Fsp3) is 0.871. The number of unbranched alkanes of at least 4 members (excludes halogenated alkanes) is 13. The minimum Gasteiger partial charge on any atom is -0.371 e. The summed E-state index contributed by atoms with van der Waals surface area (Å²) >= 11 is 5.32. The highest BCUT2D eigenvalue weighted by molar-refractivity contribution is 8.07. The van der Waals surface area contributed by atoms with Crippen LogP contribution in [0.25, 0.3) is 0 Å². The molecule has 0 bridgehead atoms. The van der Waals surface area contributed by atoms with Crippen LogP contribution < -0.4 is 11.2 Å². The van der Waals surface area contributed by atoms with E-state index in [0.717, 1.165) is 19.3 Å². The molecule has 1 aliphatic rings. The van der Waals surface area contributed by atoms with Crippen molar-refractivity contribution in [3.8, 4) is 0 Å². The molecule has 1 aromatic heterocycles. The van der Waals surface area contributed by atoms with Crippen molar-refractivity contribution in [2.24, 2.45) is 5.92 Å². The van der Waals surface area contributed by atoms with Crippen LogP contribution >= 0.6 is 6.72 Å². The summed E-state index contributed by atoms with van der Waals surface area (Å²) < 4.78 is 25.6. The average molecular weight is 633 g/mol. The zero-order valence-corrected chi connectivity index (χ0v) is 28.3. The first-order valence-corrected chi connectivity index (χ1v) is 18.9. The Bertz CT molecular complexity index is 1030. The molecule has 2 heterocycles. The molecule has 0 spiro atoms. The largest absolute Gasteiger partial charge is 0.371 e. The standard InChI is InChI=1S/C31H57N2O7PS/c1-6-7-8-9-10-11-12-13-14-15-16-17-18-19-22-37-29-28(40-41(36,42)39-25(4)5)26(23-24(2)3)38-30(29)33-21-20-27(34)32-31(33)35/h20-21,24-26,28-30H,6-19,22-23H2,1-5H3,(H,36,42)(H,32,34,35)/t26-,28?,29+,30-,41?/m1/s1. The van der Waals surface area contributed by atoms with Crippen LogP contribution in [0.3, 0.4) is 0 Å². The summed E-state index contributed by atoms with van der Waals surface area (Å²) in [5.41, 5.74) is -1.08. The summed E-state index contributed by atoms with van der Waals surface area (Å²) in [4.78, 5) is 37.5. The highest BCUT2D eigenvalue weighted by Gasteiger charge is 2.49. The van der Waals surface area contributed by atoms with E-state index in [0.29, 0.717) is 13.0 Å². The third-order valence-electron chi connectivity index (χ3n) is 7.52. The van der Waals surface area contributed by atoms with Gasteiger partial charge in [-0.05, 0) is 44.4 Å². The smallest absolute Gasteiger partial charge is 0.330 e. The number of nitrogens with zero attached hydrogens (tertiary/aromatic N) is 1. The number of H-pyrrole nitrogens is 1. The lowest BCUT2D eigenvalue weighted by Crippen LogP contribution is -2.40. The van der Waals surface area contributed by atoms with Gasteiger partial charge in [-0.3, -0.25) is 18.9 Å². The Labute approximate surface area is 258 Å². The van der Waals surface area contributed by atoms with E-state index in [4.69, 9.17) is 30.3 Å². The molecular formula is C31H57N2O7PS. The summed E-state index contributed by atoms with van der Waals surface area (Å²) in [6, 6.07) is 1.28. The molecule has 2 rings (SSSR count). The molecule has 1 saturated heterocycles. The molecule has 0 aliphatic carbocycles. The Kier molecular flexibility index (Phi) is 18.0. The van der Waals surface area contributed by atoms with Crippen molar-refractivity contribution < 1.29 is 23.4 Å². The molecule has 0 aromatic carbocycles. The van der Waals surface area contributed by atoms with Crippen LogP contribution in [0.2, 0.25) is 0 Å². The lowest BCUT2D eigenvalue weighted by atomic mass is 10.0. The van der Waals surface area contributed by atoms with Gasteiger partial charge in [0.1, 0.15) is 12.2 Å². The third-order valence-corrected chi connectivity index (χ3v) is 9.24. The predicted molar refractivity (Wildman–Crippen MR) is 172 cm³/mol. The van der Waals surface area contributed by atoms with Crippen LogP contribution in [0.5, 0.6) is 0 Å². The van der Waals surface area contributed by atoms with Gasteiger partial charge in [-0.15, -0.1) is 0 Å². The molecule has 0 radical (unpaired) electrons. The third kappa shape index (κ3) is 14.3. The zero-order valence-electron chi connectivity index (χ0n) is 26.6. The maximum absolute atomic E-state index is 12.7. The molecule has 11 heteroatoms. The number of rotatable bonds is 23. The monoisotopic (exact) mass is 632 g/mol. The maximum Gasteiger partial charge on any atom is 0.330 e. The van der Waals surface area contributed by atoms with Gasteiger partial charge in [-0.1, -0.05) is 104 Å². The number of hydrogen-bond donors (Lipinski definition) is 2. The van der Waals surface area contributed by atoms with Gasteiger partial charge in [0.25, 0.3) is 5.56 Å². The van der Waals surface area contributed by atoms with E-state index in [1.807, 2.05) is 0 Å². The van der Waals surface area contributed by atoms with Gasteiger partial charge in [-0.25, -0.2) is 4.79 Å². The van der Waals surface area contributed by atoms with E-state index >= 15 is 0 Å². The van der Waals surface area contributed by atoms with Crippen molar-refractivity contribution in [3.63, 3.8) is 0 Å². The molecule has 1 aromatic rings. The normalized spacial score (nSPS) is 22.3. The van der Waals surface area contributed by atoms with Crippen LogP contribution in [0.4, 0.5) is 0 Å². The number of hydrogen-bond acceptors (Lipinski definition) is 7. The van der Waals surface area contributed by atoms with E-state index in [9.17, 15) is 14.5 Å². The van der Waals surface area contributed by atoms with Crippen molar-refractivity contribution in [2.45, 2.75) is 162 Å². The molecule has 0 saturated carbocycles. The minimum absolute atomic E-state index is 0.251. The Hall–Kier alpha value is -0.870. The van der Waals surface area contributed by atoms with E-state index in [1.54, 1.807) is 13.8 Å². The molecule has 1 aliphatic heterocycles. The van der Waals surface area contributed by atoms with Crippen molar-refractivity contribution in [2.75, 3.05) is 6.61 Å². The first kappa shape index (κ1) is 37.3. The lowest BCUT2D eigenvalue weighted by Gasteiger charge is -2.29. The number of ether oxygens (including phenoxy) is 2. The highest BCUT2D eigenvalue weighted by atomic mass is 32.5. The molecule has 5 atom stereocenters. The van der Waals surface area contributed by atoms with Crippen molar-refractivity contribution in [1.82, 2.24) is 9.55 Å². The summed E-state index contributed by atoms with van der Waals surface area (Å²) in [6.07, 6.45) is 16.7. The summed E-state index contributed by atoms with van der Waals surface area (Å²) in [5, 5.41) is 0. The van der Waals surface area contributed by atoms with Gasteiger partial charge in [-0.2, -0.15) is 0 Å². The summed E-state index contributed by atoms with van der Waals surface area (Å²) in [7, 11) is 0. The SMILES string of the molecule is CCCCCCCCCCCCCCCCO[C@H]1C(OP(O)(=S)OC(C)C)[C@@H](CC(C)C)O[C@H]1n1ccc(=O)[nH]c1=O. The lowest BCUT2D eigenvalue weighted by molar-refractivity contribution is -0.0718. The number of nitrogens with one attached hydrogen (secondary N) is 1. The maximum atomic E-state index is 12.7. The van der Waals surface area contributed by atoms with E-state index in [-0.39, 0.29) is 12.0 Å². The van der Waals surface area contributed by atoms with Crippen molar-refractivity contribution in [3.05, 3.63) is 33.1 Å². The van der Waals surface area contributed by atoms with Gasteiger partial charge >= 0.3 is 12.4 Å². The van der Waals surface area contributed by atoms with Crippen molar-refractivity contribution >= 4 is 18.5 Å². The van der Waals surface area contributed by atoms with Gasteiger partial charge in [0, 0.05) is 18.9 Å². The van der Waals surface area contributed by atoms with Gasteiger partial charge < -0.3 is 18.9 Å². The predicted octanol–water partition coefficient (Wildman–Crippen LogP) is 7.37. The second-order valence-electron chi connectivity index (χ2n) is 12.3. The first-order chi connectivity index (χ1) is 20.0. The second kappa shape index (κ2) is 20.2. The Morgan fingerprint density at radius 2 is 1.48 bits per heavy atom. The van der Waals surface area contributed by atoms with Crippen LogP contribution in [0.15, 0.2) is 21.9 Å². The van der Waals surface area contributed by atoms with Gasteiger partial charge in [0.2, 0.25) is 0 Å². The minimum atomic E-state index is -3.60. The molecular weight excluding hydrogens is 575 g/mol. The molecule has 244 valence electrons. The molecule has 2 N–H and O–H groups in total. The van der Waals surface area contributed by atoms with E-state index in [1.165, 1.54) is 87.5 Å². The number of aromatic amines is 1. The van der Waals surface area contributed by atoms with Gasteiger partial charge in [0.15, 0.2) is 6.23 Å². The van der Waals surface area contributed by atoms with Crippen LogP contribution in [0, 0.1) is 5.92 Å². The van der Waals surface area contributed by atoms with Crippen LogP contribution in [0.1, 0.15) is 137 Å². The Morgan fingerprint density at radius 3 is 1.98 bits per heavy atom. The van der Waals surface area contributed by atoms with E-state index in [2.05, 4.69) is 25.8 Å². The zero-order chi connectivity index (χ0) is 31.0. The van der Waals surface area contributed by atoms with E-state index < -0.39 is 42.5 Å². The molecule has 2 unspecified atom stereocenters. The molecule has 9 nitrogen and oxygen atoms in total. The quantitative estimate of drug-likeness (QED) is 0.0950.